The zero-order valence-electron chi connectivity index (χ0n) is 15.2. The molecule has 0 aliphatic rings. The Morgan fingerprint density at radius 3 is 1.37 bits per heavy atom. The highest BCUT2D eigenvalue weighted by Gasteiger charge is 2.14. The fourth-order valence-electron chi connectivity index (χ4n) is 2.55. The summed E-state index contributed by atoms with van der Waals surface area (Å²) in [5.41, 5.74) is 0. The lowest BCUT2D eigenvalue weighted by molar-refractivity contribution is -0.137. The molecule has 0 aliphatic heterocycles. The van der Waals surface area contributed by atoms with Gasteiger partial charge in [0.15, 0.2) is 0 Å². The highest BCUT2D eigenvalue weighted by Crippen LogP contribution is 2.32. The van der Waals surface area contributed by atoms with Crippen molar-refractivity contribution in [1.82, 2.24) is 0 Å². The molecule has 3 aromatic rings. The van der Waals surface area contributed by atoms with Crippen LogP contribution in [0.2, 0.25) is 0 Å². The number of aliphatic carboxylic acids is 1. The lowest BCUT2D eigenvalue weighted by Gasteiger charge is -2.18. The Morgan fingerprint density at radius 1 is 0.704 bits per heavy atom. The van der Waals surface area contributed by atoms with Crippen molar-refractivity contribution in [3.63, 3.8) is 0 Å². The van der Waals surface area contributed by atoms with Crippen molar-refractivity contribution in [3.05, 3.63) is 91.0 Å². The molecule has 0 atom stereocenters. The van der Waals surface area contributed by atoms with Crippen molar-refractivity contribution < 1.29 is 9.90 Å². The molecule has 0 saturated carbocycles. The van der Waals surface area contributed by atoms with Crippen LogP contribution in [-0.4, -0.2) is 16.4 Å². The molecular formula is C23H24BrO2P. The Labute approximate surface area is 171 Å². The maximum absolute atomic E-state index is 9.86. The van der Waals surface area contributed by atoms with Gasteiger partial charge in [0.25, 0.3) is 0 Å². The van der Waals surface area contributed by atoms with Gasteiger partial charge in [0, 0.05) is 11.8 Å². The molecule has 0 spiro atoms. The number of halogens is 1. The van der Waals surface area contributed by atoms with Crippen LogP contribution in [0.3, 0.4) is 0 Å². The predicted octanol–water partition coefficient (Wildman–Crippen LogP) is 5.08. The van der Waals surface area contributed by atoms with E-state index in [-0.39, 0.29) is 0 Å². The summed E-state index contributed by atoms with van der Waals surface area (Å²) >= 11 is 3.21. The smallest absolute Gasteiger partial charge is 0.303 e. The second-order valence-electron chi connectivity index (χ2n) is 5.88. The Balaban J connectivity index is 0.000000279. The monoisotopic (exact) mass is 442 g/mol. The number of benzene rings is 3. The van der Waals surface area contributed by atoms with E-state index >= 15 is 0 Å². The Morgan fingerprint density at radius 2 is 1.07 bits per heavy atom. The molecule has 2 nitrogen and oxygen atoms in total. The molecule has 0 fully saturated rings. The summed E-state index contributed by atoms with van der Waals surface area (Å²) in [6, 6.07) is 32.3. The summed E-state index contributed by atoms with van der Waals surface area (Å²) in [5, 5.41) is 13.2. The third-order valence-electron chi connectivity index (χ3n) is 3.82. The van der Waals surface area contributed by atoms with Gasteiger partial charge in [-0.3, -0.25) is 4.79 Å². The molecule has 0 bridgehead atoms. The van der Waals surface area contributed by atoms with Gasteiger partial charge in [-0.2, -0.15) is 0 Å². The van der Waals surface area contributed by atoms with Gasteiger partial charge >= 0.3 is 5.97 Å². The predicted molar refractivity (Wildman–Crippen MR) is 120 cm³/mol. The molecule has 3 rings (SSSR count). The molecule has 0 unspecified atom stereocenters. The molecule has 0 saturated heterocycles. The maximum Gasteiger partial charge on any atom is 0.303 e. The molecule has 0 aromatic heterocycles. The van der Waals surface area contributed by atoms with E-state index in [0.717, 1.165) is 18.2 Å². The zero-order valence-corrected chi connectivity index (χ0v) is 17.6. The number of rotatable bonds is 7. The highest BCUT2D eigenvalue weighted by molar-refractivity contribution is 9.09. The van der Waals surface area contributed by atoms with Gasteiger partial charge in [0.2, 0.25) is 0 Å². The maximum atomic E-state index is 9.86. The number of carboxylic acids is 1. The molecule has 0 heterocycles. The second-order valence-corrected chi connectivity index (χ2v) is 8.89. The van der Waals surface area contributed by atoms with Crippen molar-refractivity contribution >= 4 is 45.7 Å². The quantitative estimate of drug-likeness (QED) is 0.314. The van der Waals surface area contributed by atoms with E-state index in [4.69, 9.17) is 5.11 Å². The Kier molecular flexibility index (Phi) is 9.83. The Bertz CT molecular complexity index is 685. The summed E-state index contributed by atoms with van der Waals surface area (Å²) in [7, 11) is -0.446. The van der Waals surface area contributed by atoms with Gasteiger partial charge in [-0.1, -0.05) is 107 Å². The summed E-state index contributed by atoms with van der Waals surface area (Å²) in [6.07, 6.45) is 2.03. The summed E-state index contributed by atoms with van der Waals surface area (Å²) in [4.78, 5) is 9.86. The standard InChI is InChI=1S/C18H15P.C5H9BrO2/c1-4-10-16(11-5-1)19(17-12-6-2-7-13-17)18-14-8-3-9-15-18;6-4-2-1-3-5(7)8/h1-15H;1-4H2,(H,7,8). The topological polar surface area (TPSA) is 37.3 Å². The fraction of sp³-hybridized carbons (Fsp3) is 0.174. The first-order valence-electron chi connectivity index (χ1n) is 8.95. The fourth-order valence-corrected chi connectivity index (χ4v) is 5.25. The van der Waals surface area contributed by atoms with Gasteiger partial charge in [0.1, 0.15) is 0 Å². The first-order chi connectivity index (χ1) is 13.2. The minimum Gasteiger partial charge on any atom is -0.481 e. The molecular weight excluding hydrogens is 419 g/mol. The minimum absolute atomic E-state index is 0.297. The number of carbonyl (C=O) groups is 1. The number of alkyl halides is 1. The zero-order chi connectivity index (χ0) is 19.3. The number of unbranched alkanes of at least 4 members (excludes halogenated alkanes) is 1. The van der Waals surface area contributed by atoms with Crippen molar-refractivity contribution in [2.45, 2.75) is 19.3 Å². The van der Waals surface area contributed by atoms with Gasteiger partial charge in [-0.15, -0.1) is 0 Å². The number of hydrogen-bond acceptors (Lipinski definition) is 1. The van der Waals surface area contributed by atoms with Crippen LogP contribution >= 0.6 is 23.9 Å². The van der Waals surface area contributed by atoms with Gasteiger partial charge in [-0.05, 0) is 36.7 Å². The van der Waals surface area contributed by atoms with E-state index in [2.05, 4.69) is 107 Å². The number of carboxylic acid groups (broad SMARTS) is 1. The molecule has 4 heteroatoms. The van der Waals surface area contributed by atoms with Gasteiger partial charge < -0.3 is 5.11 Å². The van der Waals surface area contributed by atoms with Gasteiger partial charge in [-0.25, -0.2) is 0 Å². The van der Waals surface area contributed by atoms with Crippen molar-refractivity contribution in [3.8, 4) is 0 Å². The van der Waals surface area contributed by atoms with E-state index in [0.29, 0.717) is 6.42 Å². The molecule has 0 radical (unpaired) electrons. The lowest BCUT2D eigenvalue weighted by Crippen LogP contribution is -2.20. The van der Waals surface area contributed by atoms with E-state index in [9.17, 15) is 4.79 Å². The van der Waals surface area contributed by atoms with E-state index in [1.165, 1.54) is 15.9 Å². The molecule has 0 amide bonds. The lowest BCUT2D eigenvalue weighted by atomic mass is 10.3. The first kappa shape index (κ1) is 21.3. The van der Waals surface area contributed by atoms with Gasteiger partial charge in [0.05, 0.1) is 0 Å². The molecule has 0 aliphatic carbocycles. The van der Waals surface area contributed by atoms with Crippen LogP contribution in [0.4, 0.5) is 0 Å². The minimum atomic E-state index is -0.703. The van der Waals surface area contributed by atoms with E-state index in [1.807, 2.05) is 0 Å². The van der Waals surface area contributed by atoms with Crippen molar-refractivity contribution in [1.29, 1.82) is 0 Å². The highest BCUT2D eigenvalue weighted by atomic mass is 79.9. The average molecular weight is 443 g/mol. The molecule has 140 valence electrons. The van der Waals surface area contributed by atoms with Crippen LogP contribution in [0.5, 0.6) is 0 Å². The third-order valence-corrected chi connectivity index (χ3v) is 6.82. The van der Waals surface area contributed by atoms with Crippen LogP contribution in [0.15, 0.2) is 91.0 Å². The van der Waals surface area contributed by atoms with Crippen LogP contribution in [-0.2, 0) is 4.79 Å². The molecule has 1 N–H and O–H groups in total. The van der Waals surface area contributed by atoms with E-state index in [1.54, 1.807) is 0 Å². The van der Waals surface area contributed by atoms with Crippen molar-refractivity contribution in [2.75, 3.05) is 5.33 Å². The summed E-state index contributed by atoms with van der Waals surface area (Å²) in [6.45, 7) is 0. The Hall–Kier alpha value is -1.96. The third kappa shape index (κ3) is 7.66. The first-order valence-corrected chi connectivity index (χ1v) is 11.4. The van der Waals surface area contributed by atoms with E-state index < -0.39 is 13.9 Å². The van der Waals surface area contributed by atoms with Crippen LogP contribution in [0.25, 0.3) is 0 Å². The van der Waals surface area contributed by atoms with Crippen LogP contribution in [0.1, 0.15) is 19.3 Å². The van der Waals surface area contributed by atoms with Crippen molar-refractivity contribution in [2.24, 2.45) is 0 Å². The normalized spacial score (nSPS) is 10.1. The summed E-state index contributed by atoms with van der Waals surface area (Å²) < 4.78 is 0. The molecule has 3 aromatic carbocycles. The second kappa shape index (κ2) is 12.4. The summed E-state index contributed by atoms with van der Waals surface area (Å²) in [5.74, 6) is -0.703. The van der Waals surface area contributed by atoms with Crippen LogP contribution < -0.4 is 15.9 Å². The number of hydrogen-bond donors (Lipinski definition) is 1. The molecule has 27 heavy (non-hydrogen) atoms. The average Bonchev–Trinajstić information content (AvgIpc) is 2.71. The largest absolute Gasteiger partial charge is 0.481 e. The SMILES string of the molecule is O=C(O)CCCCBr.c1ccc(P(c2ccccc2)c2ccccc2)cc1. The van der Waals surface area contributed by atoms with Crippen LogP contribution in [0, 0.1) is 0 Å².